The zero-order valence-corrected chi connectivity index (χ0v) is 22.9. The minimum Gasteiger partial charge on any atom is -0.480 e. The molecule has 1 heterocycles. The molecular weight excluding hydrogens is 528 g/mol. The molecule has 0 bridgehead atoms. The number of carboxylic acids is 4. The van der Waals surface area contributed by atoms with Crippen molar-refractivity contribution in [2.45, 2.75) is 56.7 Å². The fourth-order valence-corrected chi connectivity index (χ4v) is 5.21. The summed E-state index contributed by atoms with van der Waals surface area (Å²) in [6.07, 6.45) is 3.25. The highest BCUT2D eigenvalue weighted by atomic mass is 16.4. The standard InChI is InChI=1S/C25H44N6O9/c26-18-1-3-19(4-2-18)27-21(32)6-5-20(25(39)40)31-13-11-29(16-23(35)36)9-7-28(15-22(33)34)8-10-30(12-14-31)17-24(37)38/h18-20H,1-17,26H2,(H,27,32)(H,33,34)(H,35,36)(H,37,38)(H,39,40). The van der Waals surface area contributed by atoms with Crippen molar-refractivity contribution in [3.8, 4) is 0 Å². The van der Waals surface area contributed by atoms with E-state index < -0.39 is 29.9 Å². The van der Waals surface area contributed by atoms with Crippen LogP contribution >= 0.6 is 0 Å². The van der Waals surface area contributed by atoms with E-state index in [4.69, 9.17) is 5.73 Å². The average Bonchev–Trinajstić information content (AvgIpc) is 2.85. The molecule has 1 unspecified atom stereocenters. The molecule has 0 radical (unpaired) electrons. The highest BCUT2D eigenvalue weighted by molar-refractivity contribution is 5.78. The van der Waals surface area contributed by atoms with Gasteiger partial charge in [-0.3, -0.25) is 43.6 Å². The number of rotatable bonds is 12. The minimum atomic E-state index is -1.12. The van der Waals surface area contributed by atoms with Crippen LogP contribution in [0.2, 0.25) is 0 Å². The molecule has 0 aromatic heterocycles. The van der Waals surface area contributed by atoms with Gasteiger partial charge in [-0.15, -0.1) is 0 Å². The topological polar surface area (TPSA) is 217 Å². The third-order valence-electron chi connectivity index (χ3n) is 7.46. The maximum Gasteiger partial charge on any atom is 0.320 e. The van der Waals surface area contributed by atoms with E-state index >= 15 is 0 Å². The summed E-state index contributed by atoms with van der Waals surface area (Å²) >= 11 is 0. The number of carbonyl (C=O) groups excluding carboxylic acids is 1. The molecule has 15 nitrogen and oxygen atoms in total. The minimum absolute atomic E-state index is 0.00213. The van der Waals surface area contributed by atoms with Crippen LogP contribution in [-0.4, -0.2) is 160 Å². The molecule has 228 valence electrons. The van der Waals surface area contributed by atoms with Crippen LogP contribution in [0.1, 0.15) is 38.5 Å². The number of nitrogens with two attached hydrogens (primary N) is 1. The lowest BCUT2D eigenvalue weighted by atomic mass is 9.91. The van der Waals surface area contributed by atoms with Crippen molar-refractivity contribution in [1.29, 1.82) is 0 Å². The van der Waals surface area contributed by atoms with E-state index in [9.17, 15) is 44.4 Å². The van der Waals surface area contributed by atoms with Crippen molar-refractivity contribution in [3.05, 3.63) is 0 Å². The first-order chi connectivity index (χ1) is 18.9. The molecular formula is C25H44N6O9. The van der Waals surface area contributed by atoms with Crippen molar-refractivity contribution in [3.63, 3.8) is 0 Å². The molecule has 0 spiro atoms. The van der Waals surface area contributed by atoms with Gasteiger partial charge in [-0.2, -0.15) is 0 Å². The maximum absolute atomic E-state index is 12.6. The number of nitrogens with one attached hydrogen (secondary N) is 1. The Morgan fingerprint density at radius 3 is 1.45 bits per heavy atom. The summed E-state index contributed by atoms with van der Waals surface area (Å²) in [6, 6.07) is -0.873. The molecule has 2 aliphatic rings. The predicted octanol–water partition coefficient (Wildman–Crippen LogP) is -1.92. The molecule has 1 aliphatic carbocycles. The third-order valence-corrected chi connectivity index (χ3v) is 7.46. The van der Waals surface area contributed by atoms with Crippen LogP contribution in [-0.2, 0) is 24.0 Å². The molecule has 15 heteroatoms. The van der Waals surface area contributed by atoms with Crippen LogP contribution in [0.3, 0.4) is 0 Å². The van der Waals surface area contributed by atoms with Gasteiger partial charge in [0.15, 0.2) is 0 Å². The second-order valence-corrected chi connectivity index (χ2v) is 10.6. The summed E-state index contributed by atoms with van der Waals surface area (Å²) in [5, 5.41) is 41.0. The van der Waals surface area contributed by atoms with E-state index in [0.29, 0.717) is 0 Å². The predicted molar refractivity (Wildman–Crippen MR) is 143 cm³/mol. The number of hydrogen-bond donors (Lipinski definition) is 6. The number of aliphatic carboxylic acids is 4. The van der Waals surface area contributed by atoms with Gasteiger partial charge in [-0.25, -0.2) is 0 Å². The number of carboxylic acid groups (broad SMARTS) is 4. The molecule has 7 N–H and O–H groups in total. The van der Waals surface area contributed by atoms with Gasteiger partial charge in [-0.05, 0) is 32.1 Å². The molecule has 1 amide bonds. The number of nitrogens with zero attached hydrogens (tertiary/aromatic N) is 4. The molecule has 1 aliphatic heterocycles. The number of amides is 1. The normalized spacial score (nSPS) is 23.8. The fourth-order valence-electron chi connectivity index (χ4n) is 5.21. The van der Waals surface area contributed by atoms with Gasteiger partial charge in [0.25, 0.3) is 0 Å². The average molecular weight is 573 g/mol. The fraction of sp³-hybridized carbons (Fsp3) is 0.800. The summed E-state index contributed by atoms with van der Waals surface area (Å²) in [5.41, 5.74) is 5.92. The van der Waals surface area contributed by atoms with Gasteiger partial charge in [0, 0.05) is 70.9 Å². The van der Waals surface area contributed by atoms with Gasteiger partial charge in [0.2, 0.25) is 5.91 Å². The molecule has 1 saturated heterocycles. The Morgan fingerprint density at radius 1 is 0.675 bits per heavy atom. The Labute approximate surface area is 233 Å². The van der Waals surface area contributed by atoms with Crippen LogP contribution in [0.15, 0.2) is 0 Å². The summed E-state index contributed by atoms with van der Waals surface area (Å²) in [7, 11) is 0. The zero-order chi connectivity index (χ0) is 29.7. The van der Waals surface area contributed by atoms with E-state index in [0.717, 1.165) is 25.7 Å². The second kappa shape index (κ2) is 17.1. The first kappa shape index (κ1) is 33.4. The zero-order valence-electron chi connectivity index (χ0n) is 22.9. The third kappa shape index (κ3) is 13.0. The summed E-state index contributed by atoms with van der Waals surface area (Å²) in [5.74, 6) is -4.53. The van der Waals surface area contributed by atoms with Gasteiger partial charge in [0.05, 0.1) is 19.6 Å². The highest BCUT2D eigenvalue weighted by Gasteiger charge is 2.29. The van der Waals surface area contributed by atoms with Crippen molar-refractivity contribution in [2.24, 2.45) is 5.73 Å². The van der Waals surface area contributed by atoms with Crippen LogP contribution in [0, 0.1) is 0 Å². The SMILES string of the molecule is NC1CCC(NC(=O)CCC(C(=O)O)N2CCN(CC(=O)O)CCN(CC(=O)O)CCN(CC(=O)O)CC2)CC1. The van der Waals surface area contributed by atoms with Crippen LogP contribution < -0.4 is 11.1 Å². The molecule has 0 aromatic rings. The Hall–Kier alpha value is -2.85. The van der Waals surface area contributed by atoms with Gasteiger partial charge >= 0.3 is 23.9 Å². The van der Waals surface area contributed by atoms with Gasteiger partial charge in [0.1, 0.15) is 6.04 Å². The highest BCUT2D eigenvalue weighted by Crippen LogP contribution is 2.17. The molecule has 2 fully saturated rings. The Morgan fingerprint density at radius 2 is 1.07 bits per heavy atom. The van der Waals surface area contributed by atoms with Crippen molar-refractivity contribution in [2.75, 3.05) is 72.0 Å². The Kier molecular flexibility index (Phi) is 14.2. The van der Waals surface area contributed by atoms with E-state index in [1.54, 1.807) is 19.6 Å². The van der Waals surface area contributed by atoms with Gasteiger partial charge in [-0.1, -0.05) is 0 Å². The summed E-state index contributed by atoms with van der Waals surface area (Å²) in [4.78, 5) is 65.7. The van der Waals surface area contributed by atoms with Crippen LogP contribution in [0.4, 0.5) is 0 Å². The van der Waals surface area contributed by atoms with Crippen molar-refractivity contribution in [1.82, 2.24) is 24.9 Å². The van der Waals surface area contributed by atoms with E-state index in [1.165, 1.54) is 0 Å². The smallest absolute Gasteiger partial charge is 0.320 e. The van der Waals surface area contributed by atoms with Crippen LogP contribution in [0.25, 0.3) is 0 Å². The molecule has 1 atom stereocenters. The van der Waals surface area contributed by atoms with Gasteiger partial charge < -0.3 is 31.5 Å². The maximum atomic E-state index is 12.6. The monoisotopic (exact) mass is 572 g/mol. The summed E-state index contributed by atoms with van der Waals surface area (Å²) in [6.45, 7) is 0.827. The van der Waals surface area contributed by atoms with E-state index in [1.807, 2.05) is 0 Å². The Balaban J connectivity index is 2.13. The lowest BCUT2D eigenvalue weighted by Gasteiger charge is -2.35. The second-order valence-electron chi connectivity index (χ2n) is 10.6. The number of hydrogen-bond acceptors (Lipinski definition) is 10. The molecule has 40 heavy (non-hydrogen) atoms. The van der Waals surface area contributed by atoms with Crippen molar-refractivity contribution >= 4 is 29.8 Å². The van der Waals surface area contributed by atoms with E-state index in [-0.39, 0.29) is 103 Å². The Bertz CT molecular complexity index is 836. The molecule has 1 saturated carbocycles. The first-order valence-corrected chi connectivity index (χ1v) is 13.8. The van der Waals surface area contributed by atoms with Crippen molar-refractivity contribution < 1.29 is 44.4 Å². The molecule has 2 rings (SSSR count). The lowest BCUT2D eigenvalue weighted by molar-refractivity contribution is -0.145. The quantitative estimate of drug-likeness (QED) is 0.150. The number of carbonyl (C=O) groups is 5. The molecule has 0 aromatic carbocycles. The lowest BCUT2D eigenvalue weighted by Crippen LogP contribution is -2.52. The first-order valence-electron chi connectivity index (χ1n) is 13.8. The van der Waals surface area contributed by atoms with E-state index in [2.05, 4.69) is 5.32 Å². The summed E-state index contributed by atoms with van der Waals surface area (Å²) < 4.78 is 0. The largest absolute Gasteiger partial charge is 0.480 e. The van der Waals surface area contributed by atoms with Crippen LogP contribution in [0.5, 0.6) is 0 Å².